The first-order valence-corrected chi connectivity index (χ1v) is 4.21. The standard InChI is InChI=1S/C10H9NO4/c1-2-7-15-10(12)8-3-5-9(6-4-8)11(13)14/h2-7H,1H3. The Balaban J connectivity index is 2.80. The van der Waals surface area contributed by atoms with Gasteiger partial charge in [-0.05, 0) is 19.1 Å². The fourth-order valence-corrected chi connectivity index (χ4v) is 0.917. The minimum absolute atomic E-state index is 0.0578. The lowest BCUT2D eigenvalue weighted by atomic mass is 10.2. The number of esters is 1. The molecular weight excluding hydrogens is 198 g/mol. The molecule has 0 spiro atoms. The molecular formula is C10H9NO4. The van der Waals surface area contributed by atoms with E-state index >= 15 is 0 Å². The first kappa shape index (κ1) is 10.9. The van der Waals surface area contributed by atoms with Crippen molar-refractivity contribution in [3.63, 3.8) is 0 Å². The number of benzene rings is 1. The highest BCUT2D eigenvalue weighted by molar-refractivity contribution is 5.89. The maximum atomic E-state index is 11.2. The van der Waals surface area contributed by atoms with Crippen LogP contribution in [0.5, 0.6) is 0 Å². The second kappa shape index (κ2) is 4.90. The van der Waals surface area contributed by atoms with Crippen molar-refractivity contribution in [3.05, 3.63) is 52.3 Å². The van der Waals surface area contributed by atoms with Gasteiger partial charge in [-0.3, -0.25) is 10.1 Å². The first-order chi connectivity index (χ1) is 7.15. The van der Waals surface area contributed by atoms with Gasteiger partial charge in [0, 0.05) is 12.1 Å². The number of carbonyl (C=O) groups excluding carboxylic acids is 1. The number of carbonyl (C=O) groups is 1. The summed E-state index contributed by atoms with van der Waals surface area (Å²) in [4.78, 5) is 21.0. The maximum absolute atomic E-state index is 11.2. The summed E-state index contributed by atoms with van der Waals surface area (Å²) < 4.78 is 4.69. The molecule has 5 heteroatoms. The molecule has 0 radical (unpaired) electrons. The van der Waals surface area contributed by atoms with Gasteiger partial charge in [0.2, 0.25) is 0 Å². The number of allylic oxidation sites excluding steroid dienone is 1. The van der Waals surface area contributed by atoms with Gasteiger partial charge in [-0.15, -0.1) is 0 Å². The molecule has 0 saturated carbocycles. The average molecular weight is 207 g/mol. The Morgan fingerprint density at radius 2 is 2.00 bits per heavy atom. The molecule has 0 bridgehead atoms. The second-order valence-electron chi connectivity index (χ2n) is 2.68. The molecule has 0 aliphatic carbocycles. The van der Waals surface area contributed by atoms with Gasteiger partial charge < -0.3 is 4.74 Å². The fraction of sp³-hybridized carbons (Fsp3) is 0.100. The summed E-state index contributed by atoms with van der Waals surface area (Å²) in [5.41, 5.74) is 0.219. The van der Waals surface area contributed by atoms with Crippen LogP contribution in [0.25, 0.3) is 0 Å². The Morgan fingerprint density at radius 3 is 2.47 bits per heavy atom. The number of non-ortho nitro benzene ring substituents is 1. The molecule has 0 heterocycles. The van der Waals surface area contributed by atoms with E-state index in [-0.39, 0.29) is 11.3 Å². The maximum Gasteiger partial charge on any atom is 0.342 e. The Labute approximate surface area is 86.1 Å². The van der Waals surface area contributed by atoms with Crippen LogP contribution in [0.1, 0.15) is 17.3 Å². The van der Waals surface area contributed by atoms with Gasteiger partial charge >= 0.3 is 5.97 Å². The lowest BCUT2D eigenvalue weighted by molar-refractivity contribution is -0.384. The van der Waals surface area contributed by atoms with Crippen molar-refractivity contribution >= 4 is 11.7 Å². The molecule has 1 aromatic rings. The van der Waals surface area contributed by atoms with Crippen molar-refractivity contribution < 1.29 is 14.5 Å². The minimum Gasteiger partial charge on any atom is -0.431 e. The van der Waals surface area contributed by atoms with Gasteiger partial charge in [0.25, 0.3) is 5.69 Å². The molecule has 0 fully saturated rings. The predicted molar refractivity (Wildman–Crippen MR) is 53.3 cm³/mol. The predicted octanol–water partition coefficient (Wildman–Crippen LogP) is 2.29. The summed E-state index contributed by atoms with van der Waals surface area (Å²) in [6.45, 7) is 1.71. The average Bonchev–Trinajstić information content (AvgIpc) is 2.26. The van der Waals surface area contributed by atoms with E-state index < -0.39 is 10.9 Å². The van der Waals surface area contributed by atoms with Crippen LogP contribution in [0.2, 0.25) is 0 Å². The molecule has 0 aliphatic rings. The van der Waals surface area contributed by atoms with Gasteiger partial charge in [0.1, 0.15) is 0 Å². The van der Waals surface area contributed by atoms with Crippen molar-refractivity contribution in [2.45, 2.75) is 6.92 Å². The van der Waals surface area contributed by atoms with E-state index in [1.54, 1.807) is 13.0 Å². The van der Waals surface area contributed by atoms with Crippen molar-refractivity contribution in [1.82, 2.24) is 0 Å². The molecule has 0 atom stereocenters. The molecule has 0 amide bonds. The zero-order valence-corrected chi connectivity index (χ0v) is 8.04. The van der Waals surface area contributed by atoms with Crippen LogP contribution >= 0.6 is 0 Å². The van der Waals surface area contributed by atoms with Gasteiger partial charge in [-0.25, -0.2) is 4.79 Å². The number of hydrogen-bond acceptors (Lipinski definition) is 4. The summed E-state index contributed by atoms with van der Waals surface area (Å²) >= 11 is 0. The van der Waals surface area contributed by atoms with Crippen molar-refractivity contribution in [1.29, 1.82) is 0 Å². The van der Waals surface area contributed by atoms with E-state index in [1.165, 1.54) is 30.5 Å². The van der Waals surface area contributed by atoms with Gasteiger partial charge in [0.15, 0.2) is 0 Å². The number of ether oxygens (including phenoxy) is 1. The van der Waals surface area contributed by atoms with E-state index in [0.29, 0.717) is 0 Å². The van der Waals surface area contributed by atoms with Gasteiger partial charge in [-0.2, -0.15) is 0 Å². The zero-order chi connectivity index (χ0) is 11.3. The normalized spacial score (nSPS) is 10.2. The van der Waals surface area contributed by atoms with Crippen LogP contribution in [0.3, 0.4) is 0 Å². The Morgan fingerprint density at radius 1 is 1.40 bits per heavy atom. The summed E-state index contributed by atoms with van der Waals surface area (Å²) in [5.74, 6) is -0.539. The molecule has 0 aromatic heterocycles. The highest BCUT2D eigenvalue weighted by Gasteiger charge is 2.09. The van der Waals surface area contributed by atoms with Gasteiger partial charge in [-0.1, -0.05) is 6.08 Å². The number of nitro benzene ring substituents is 1. The summed E-state index contributed by atoms with van der Waals surface area (Å²) in [6, 6.07) is 5.21. The zero-order valence-electron chi connectivity index (χ0n) is 8.04. The van der Waals surface area contributed by atoms with Crippen LogP contribution in [-0.2, 0) is 4.74 Å². The molecule has 1 rings (SSSR count). The Hall–Kier alpha value is -2.17. The van der Waals surface area contributed by atoms with Crippen LogP contribution in [-0.4, -0.2) is 10.9 Å². The Kier molecular flexibility index (Phi) is 3.56. The topological polar surface area (TPSA) is 69.4 Å². The highest BCUT2D eigenvalue weighted by Crippen LogP contribution is 2.12. The minimum atomic E-state index is -0.539. The lowest BCUT2D eigenvalue weighted by Crippen LogP contribution is -2.00. The number of hydrogen-bond donors (Lipinski definition) is 0. The molecule has 1 aromatic carbocycles. The van der Waals surface area contributed by atoms with E-state index in [4.69, 9.17) is 0 Å². The van der Waals surface area contributed by atoms with Crippen LogP contribution in [0.15, 0.2) is 36.6 Å². The molecule has 0 N–H and O–H groups in total. The van der Waals surface area contributed by atoms with E-state index in [0.717, 1.165) is 0 Å². The quantitative estimate of drug-likeness (QED) is 0.330. The second-order valence-corrected chi connectivity index (χ2v) is 2.68. The van der Waals surface area contributed by atoms with Crippen molar-refractivity contribution in [2.75, 3.05) is 0 Å². The van der Waals surface area contributed by atoms with Crippen LogP contribution in [0.4, 0.5) is 5.69 Å². The summed E-state index contributed by atoms with van der Waals surface area (Å²) in [5, 5.41) is 10.3. The van der Waals surface area contributed by atoms with Crippen LogP contribution < -0.4 is 0 Å². The molecule has 0 aliphatic heterocycles. The van der Waals surface area contributed by atoms with Crippen molar-refractivity contribution in [3.8, 4) is 0 Å². The third-order valence-corrected chi connectivity index (χ3v) is 1.62. The van der Waals surface area contributed by atoms with E-state index in [1.807, 2.05) is 0 Å². The monoisotopic (exact) mass is 207 g/mol. The molecule has 78 valence electrons. The molecule has 15 heavy (non-hydrogen) atoms. The molecule has 5 nitrogen and oxygen atoms in total. The third kappa shape index (κ3) is 2.91. The first-order valence-electron chi connectivity index (χ1n) is 4.21. The fourth-order valence-electron chi connectivity index (χ4n) is 0.917. The van der Waals surface area contributed by atoms with E-state index in [9.17, 15) is 14.9 Å². The summed E-state index contributed by atoms with van der Waals surface area (Å²) in [7, 11) is 0. The third-order valence-electron chi connectivity index (χ3n) is 1.62. The lowest BCUT2D eigenvalue weighted by Gasteiger charge is -1.98. The number of rotatable bonds is 3. The van der Waals surface area contributed by atoms with E-state index in [2.05, 4.69) is 4.74 Å². The number of nitrogens with zero attached hydrogens (tertiary/aromatic N) is 1. The smallest absolute Gasteiger partial charge is 0.342 e. The van der Waals surface area contributed by atoms with Crippen molar-refractivity contribution in [2.24, 2.45) is 0 Å². The summed E-state index contributed by atoms with van der Waals surface area (Å²) in [6.07, 6.45) is 2.83. The highest BCUT2D eigenvalue weighted by atomic mass is 16.6. The Bertz CT molecular complexity index is 394. The molecule has 0 saturated heterocycles. The SMILES string of the molecule is CC=COC(=O)c1ccc([N+](=O)[O-])cc1. The molecule has 0 unspecified atom stereocenters. The largest absolute Gasteiger partial charge is 0.431 e. The van der Waals surface area contributed by atoms with Crippen LogP contribution in [0, 0.1) is 10.1 Å². The van der Waals surface area contributed by atoms with Gasteiger partial charge in [0.05, 0.1) is 16.7 Å². The number of nitro groups is 1.